The first-order valence-electron chi connectivity index (χ1n) is 10.3. The zero-order valence-corrected chi connectivity index (χ0v) is 19.1. The normalized spacial score (nSPS) is 12.2. The number of nitrogens with one attached hydrogen (secondary N) is 1. The molecule has 9 heteroatoms. The lowest BCUT2D eigenvalue weighted by Crippen LogP contribution is -2.19. The Morgan fingerprint density at radius 2 is 1.85 bits per heavy atom. The number of imidazole rings is 1. The Morgan fingerprint density at radius 1 is 1.03 bits per heavy atom. The van der Waals surface area contributed by atoms with Gasteiger partial charge < -0.3 is 9.99 Å². The summed E-state index contributed by atoms with van der Waals surface area (Å²) in [4.78, 5) is 13.8. The first kappa shape index (κ1) is 21.4. The molecule has 0 aliphatic heterocycles. The van der Waals surface area contributed by atoms with Crippen LogP contribution in [-0.4, -0.2) is 24.2 Å². The molecule has 0 aliphatic rings. The number of nitrogens with zero attached hydrogens (tertiary/aromatic N) is 5. The Bertz CT molecular complexity index is 1430. The van der Waals surface area contributed by atoms with E-state index in [0.29, 0.717) is 34.0 Å². The van der Waals surface area contributed by atoms with Crippen LogP contribution in [0.4, 0.5) is 4.39 Å². The van der Waals surface area contributed by atoms with Gasteiger partial charge in [0.05, 0.1) is 17.3 Å². The number of fused-ring (bicyclic) bond motifs is 1. The zero-order valence-electron chi connectivity index (χ0n) is 17.6. The van der Waals surface area contributed by atoms with Gasteiger partial charge in [-0.1, -0.05) is 53.5 Å². The molecule has 3 heterocycles. The van der Waals surface area contributed by atoms with Crippen LogP contribution in [0.1, 0.15) is 24.1 Å². The van der Waals surface area contributed by atoms with Gasteiger partial charge in [0.1, 0.15) is 17.0 Å². The van der Waals surface area contributed by atoms with E-state index in [1.54, 1.807) is 17.1 Å². The summed E-state index contributed by atoms with van der Waals surface area (Å²) in [6, 6.07) is 14.4. The summed E-state index contributed by atoms with van der Waals surface area (Å²) in [5, 5.41) is 0.383. The smallest absolute Gasteiger partial charge is 0.177 e. The van der Waals surface area contributed by atoms with Crippen LogP contribution < -0.4 is 5.43 Å². The second-order valence-electron chi connectivity index (χ2n) is 7.62. The van der Waals surface area contributed by atoms with E-state index < -0.39 is 5.82 Å². The summed E-state index contributed by atoms with van der Waals surface area (Å²) >= 11 is 12.4. The molecular formula is C24H19Cl2FN6. The van der Waals surface area contributed by atoms with Gasteiger partial charge in [0.15, 0.2) is 11.5 Å². The molecule has 0 saturated heterocycles. The minimum absolute atomic E-state index is 0.00224. The van der Waals surface area contributed by atoms with Crippen LogP contribution in [0.15, 0.2) is 73.3 Å². The second kappa shape index (κ2) is 8.84. The monoisotopic (exact) mass is 480 g/mol. The first-order valence-corrected chi connectivity index (χ1v) is 11.1. The highest BCUT2D eigenvalue weighted by Gasteiger charge is 2.18. The average Bonchev–Trinajstić information content (AvgIpc) is 3.44. The number of aromatic nitrogens is 5. The summed E-state index contributed by atoms with van der Waals surface area (Å²) < 4.78 is 17.7. The number of rotatable bonds is 6. The highest BCUT2D eigenvalue weighted by atomic mass is 35.5. The Hall–Kier alpha value is -3.42. The average molecular weight is 481 g/mol. The highest BCUT2D eigenvalue weighted by Crippen LogP contribution is 2.33. The summed E-state index contributed by atoms with van der Waals surface area (Å²) in [6.07, 6.45) is 7.18. The predicted octanol–water partition coefficient (Wildman–Crippen LogP) is 6.09. The molecule has 1 atom stereocenters. The van der Waals surface area contributed by atoms with Gasteiger partial charge in [-0.25, -0.2) is 24.0 Å². The maximum atomic E-state index is 13.9. The van der Waals surface area contributed by atoms with Crippen LogP contribution >= 0.6 is 23.2 Å². The van der Waals surface area contributed by atoms with Gasteiger partial charge in [-0.05, 0) is 30.7 Å². The minimum atomic E-state index is -0.516. The van der Waals surface area contributed by atoms with Crippen molar-refractivity contribution in [2.24, 2.45) is 0 Å². The number of halogens is 3. The molecule has 33 heavy (non-hydrogen) atoms. The fourth-order valence-electron chi connectivity index (χ4n) is 3.79. The molecule has 5 rings (SSSR count). The molecule has 0 saturated carbocycles. The summed E-state index contributed by atoms with van der Waals surface area (Å²) in [6.45, 7) is 2.53. The van der Waals surface area contributed by atoms with Crippen LogP contribution in [0.2, 0.25) is 10.0 Å². The van der Waals surface area contributed by atoms with E-state index in [4.69, 9.17) is 28.2 Å². The molecular weight excluding hydrogens is 462 g/mol. The van der Waals surface area contributed by atoms with Gasteiger partial charge in [-0.2, -0.15) is 0 Å². The fraction of sp³-hybridized carbons (Fsp3) is 0.125. The van der Waals surface area contributed by atoms with E-state index >= 15 is 0 Å². The lowest BCUT2D eigenvalue weighted by molar-refractivity contribution is 0.622. The molecule has 6 nitrogen and oxygen atoms in total. The summed E-state index contributed by atoms with van der Waals surface area (Å²) in [7, 11) is 0. The van der Waals surface area contributed by atoms with Gasteiger partial charge in [-0.3, -0.25) is 0 Å². The quantitative estimate of drug-likeness (QED) is 0.298. The molecule has 1 unspecified atom stereocenters. The maximum Gasteiger partial charge on any atom is 0.177 e. The summed E-state index contributed by atoms with van der Waals surface area (Å²) in [5.41, 5.74) is 6.88. The SMILES string of the molecule is CC(Nn1ccc2nc(-c3nccn3Cc3ccccc3)cnc21)c1c(Cl)ccc(F)c1Cl. The van der Waals surface area contributed by atoms with Crippen molar-refractivity contribution in [3.05, 3.63) is 100 Å². The van der Waals surface area contributed by atoms with Crippen molar-refractivity contribution >= 4 is 34.4 Å². The van der Waals surface area contributed by atoms with Gasteiger partial charge in [0.2, 0.25) is 0 Å². The molecule has 0 spiro atoms. The fourth-order valence-corrected chi connectivity index (χ4v) is 4.48. The Morgan fingerprint density at radius 3 is 2.67 bits per heavy atom. The Balaban J connectivity index is 1.43. The van der Waals surface area contributed by atoms with Gasteiger partial charge in [0.25, 0.3) is 0 Å². The highest BCUT2D eigenvalue weighted by molar-refractivity contribution is 6.36. The third-order valence-electron chi connectivity index (χ3n) is 5.37. The third kappa shape index (κ3) is 4.17. The van der Waals surface area contributed by atoms with Gasteiger partial charge in [0, 0.05) is 35.7 Å². The predicted molar refractivity (Wildman–Crippen MR) is 128 cm³/mol. The van der Waals surface area contributed by atoms with E-state index in [9.17, 15) is 4.39 Å². The van der Waals surface area contributed by atoms with E-state index in [2.05, 4.69) is 27.5 Å². The van der Waals surface area contributed by atoms with Crippen molar-refractivity contribution in [3.63, 3.8) is 0 Å². The number of hydrogen-bond donors (Lipinski definition) is 1. The minimum Gasteiger partial charge on any atom is -0.325 e. The van der Waals surface area contributed by atoms with Crippen molar-refractivity contribution in [3.8, 4) is 11.5 Å². The first-order chi connectivity index (χ1) is 16.0. The molecule has 0 aliphatic carbocycles. The van der Waals surface area contributed by atoms with Gasteiger partial charge >= 0.3 is 0 Å². The molecule has 3 aromatic heterocycles. The zero-order chi connectivity index (χ0) is 22.9. The largest absolute Gasteiger partial charge is 0.325 e. The van der Waals surface area contributed by atoms with Crippen LogP contribution in [0.3, 0.4) is 0 Å². The molecule has 166 valence electrons. The van der Waals surface area contributed by atoms with Crippen LogP contribution in [0.5, 0.6) is 0 Å². The molecule has 0 radical (unpaired) electrons. The molecule has 0 bridgehead atoms. The third-order valence-corrected chi connectivity index (χ3v) is 6.09. The van der Waals surface area contributed by atoms with Gasteiger partial charge in [-0.15, -0.1) is 0 Å². The van der Waals surface area contributed by atoms with Crippen LogP contribution in [-0.2, 0) is 6.54 Å². The molecule has 0 fully saturated rings. The van der Waals surface area contributed by atoms with Crippen LogP contribution in [0, 0.1) is 5.82 Å². The van der Waals surface area contributed by atoms with Crippen molar-refractivity contribution in [1.29, 1.82) is 0 Å². The van der Waals surface area contributed by atoms with Crippen molar-refractivity contribution in [2.75, 3.05) is 5.43 Å². The number of benzene rings is 2. The van der Waals surface area contributed by atoms with E-state index in [1.807, 2.05) is 48.1 Å². The Kier molecular flexibility index (Phi) is 5.74. The lowest BCUT2D eigenvalue weighted by Gasteiger charge is -2.19. The van der Waals surface area contributed by atoms with E-state index in [1.165, 1.54) is 17.7 Å². The second-order valence-corrected chi connectivity index (χ2v) is 8.41. The van der Waals surface area contributed by atoms with Crippen LogP contribution in [0.25, 0.3) is 22.7 Å². The summed E-state index contributed by atoms with van der Waals surface area (Å²) in [5.74, 6) is 0.221. The molecule has 1 N–H and O–H groups in total. The lowest BCUT2D eigenvalue weighted by atomic mass is 10.1. The molecule has 5 aromatic rings. The van der Waals surface area contributed by atoms with Crippen molar-refractivity contribution in [2.45, 2.75) is 19.5 Å². The molecule has 2 aromatic carbocycles. The topological polar surface area (TPSA) is 60.6 Å². The maximum absolute atomic E-state index is 13.9. The molecule has 0 amide bonds. The van der Waals surface area contributed by atoms with Crippen molar-refractivity contribution in [1.82, 2.24) is 24.2 Å². The van der Waals surface area contributed by atoms with E-state index in [-0.39, 0.29) is 11.1 Å². The van der Waals surface area contributed by atoms with Crippen molar-refractivity contribution < 1.29 is 4.39 Å². The Labute approximate surface area is 199 Å². The number of hydrogen-bond acceptors (Lipinski definition) is 4. The van der Waals surface area contributed by atoms with E-state index in [0.717, 1.165) is 5.82 Å². The standard InChI is InChI=1S/C24H19Cl2FN6/c1-15(21-17(25)7-8-18(27)22(21)26)31-33-11-9-19-24(33)29-13-20(30-19)23-28-10-12-32(23)14-16-5-3-2-4-6-16/h2-13,15,31H,14H2,1H3.